The van der Waals surface area contributed by atoms with E-state index >= 15 is 0 Å². The van der Waals surface area contributed by atoms with Gasteiger partial charge in [-0.05, 0) is 124 Å². The Hall–Kier alpha value is -12.2. The lowest BCUT2D eigenvalue weighted by Gasteiger charge is -2.28. The Morgan fingerprint density at radius 3 is 1.43 bits per heavy atom. The van der Waals surface area contributed by atoms with Crippen LogP contribution in [0.5, 0.6) is 0 Å². The highest BCUT2D eigenvalue weighted by Gasteiger charge is 2.37. The maximum absolute atomic E-state index is 14.1. The molecule has 10 atom stereocenters. The van der Waals surface area contributed by atoms with E-state index in [2.05, 4.69) is 90.0 Å². The number of hydrogen-bond acceptors (Lipinski definition) is 23. The molecular formula is C73H109N23O18S. The molecule has 115 heavy (non-hydrogen) atoms. The van der Waals surface area contributed by atoms with Gasteiger partial charge in [-0.1, -0.05) is 65.8 Å². The first-order chi connectivity index (χ1) is 54.1. The van der Waals surface area contributed by atoms with Crippen LogP contribution in [-0.2, 0) is 67.7 Å². The van der Waals surface area contributed by atoms with E-state index in [0.29, 0.717) is 22.4 Å². The van der Waals surface area contributed by atoms with E-state index in [4.69, 9.17) is 28.0 Å². The van der Waals surface area contributed by atoms with Crippen molar-refractivity contribution < 1.29 is 85.5 Å². The van der Waals surface area contributed by atoms with Gasteiger partial charge in [0.1, 0.15) is 65.3 Å². The Morgan fingerprint density at radius 2 is 0.913 bits per heavy atom. The van der Waals surface area contributed by atoms with Crippen LogP contribution in [0.2, 0.25) is 0 Å². The number of guanidine groups is 2. The molecule has 0 saturated carbocycles. The SMILES string of the molecule is CC(C)CC(NC(=O)C(CCCNC(=N)N)NC(=O)C(CO)NC(=O)C(CO)NC(=O)C(C)NC(=O)C(CC(N)=O)NC(=O)C(NC(=O)C(NC(=O)CNC(=O)C(CCCNC(=N)N)NC(=O)c1ccc(N=Nc2ccc(N(C)C)cc2)cc1)C(C)C)C(C)C)C(=O)NC(C)C(=O)NCCNc1cccc2c(S(=O)(=O)O)cccc12. The van der Waals surface area contributed by atoms with Gasteiger partial charge in [0.25, 0.3) is 16.0 Å². The molecule has 0 saturated heterocycles. The quantitative estimate of drug-likeness (QED) is 0.00696. The van der Waals surface area contributed by atoms with Crippen LogP contribution in [0, 0.1) is 28.6 Å². The molecule has 0 aliphatic rings. The number of aliphatic hydroxyl groups excluding tert-OH is 2. The first kappa shape index (κ1) is 95.2. The standard InChI is InChI=1S/C73H109N23O18S/c1-38(2)33-52(66(106)84-41(7)61(101)80-32-31-79-49-17-11-16-48-47(49)15-12-20-56(48)115(112,113)114)88-65(105)51(19-14-30-82-73(77)78)87-68(108)55(37-98)91-69(109)54(36-97)90-62(102)42(8)85-67(107)53(34-57(74)99)89-70(110)60(40(5)6)93-71(111)59(39(3)4)92-58(100)35-83-64(104)50(18-13-29-81-72(75)76)86-63(103)43-21-23-44(24-22-43)94-95-45-25-27-46(28-26-45)96(9)10/h11-12,15-17,20-28,38-42,50-55,59-60,79,97-98H,13-14,18-19,29-37H2,1-10H3,(H2,74,99)(H,80,101)(H,83,104)(H,84,106)(H,85,107)(H,86,103)(H,87,108)(H,88,105)(H,89,110)(H,90,102)(H,91,109)(H,92,100)(H,93,111)(H4,75,76,81)(H4,77,78,82)(H,112,113,114). The third-order valence-corrected chi connectivity index (χ3v) is 18.3. The molecule has 0 heterocycles. The minimum Gasteiger partial charge on any atom is -0.394 e. The summed E-state index contributed by atoms with van der Waals surface area (Å²) < 4.78 is 33.6. The van der Waals surface area contributed by atoms with Crippen molar-refractivity contribution in [2.45, 2.75) is 159 Å². The lowest BCUT2D eigenvalue weighted by Crippen LogP contribution is -2.61. The van der Waals surface area contributed by atoms with E-state index < -0.39 is 191 Å². The number of carbonyl (C=O) groups is 13. The number of carbonyl (C=O) groups excluding carboxylic acids is 13. The van der Waals surface area contributed by atoms with Gasteiger partial charge in [-0.25, -0.2) is 0 Å². The summed E-state index contributed by atoms with van der Waals surface area (Å²) in [7, 11) is -0.721. The van der Waals surface area contributed by atoms with Gasteiger partial charge >= 0.3 is 0 Å². The summed E-state index contributed by atoms with van der Waals surface area (Å²) in [6, 6.07) is 7.31. The third kappa shape index (κ3) is 32.4. The molecule has 4 aromatic carbocycles. The Labute approximate surface area is 665 Å². The van der Waals surface area contributed by atoms with E-state index in [0.717, 1.165) is 12.6 Å². The second kappa shape index (κ2) is 46.7. The normalized spacial score (nSPS) is 13.9. The average Bonchev–Trinajstić information content (AvgIpc) is 0.784. The summed E-state index contributed by atoms with van der Waals surface area (Å²) in [6.45, 7) is 9.55. The Morgan fingerprint density at radius 1 is 0.461 bits per heavy atom. The van der Waals surface area contributed by atoms with Crippen LogP contribution in [0.3, 0.4) is 0 Å². The fourth-order valence-corrected chi connectivity index (χ4v) is 11.8. The molecule has 4 aromatic rings. The zero-order valence-corrected chi connectivity index (χ0v) is 66.5. The summed E-state index contributed by atoms with van der Waals surface area (Å²) in [6.07, 6.45) is -0.722. The maximum Gasteiger partial charge on any atom is 0.295 e. The van der Waals surface area contributed by atoms with Crippen molar-refractivity contribution in [3.8, 4) is 0 Å². The molecule has 0 fully saturated rings. The summed E-state index contributed by atoms with van der Waals surface area (Å²) in [5.41, 5.74) is 19.0. The van der Waals surface area contributed by atoms with Crippen LogP contribution >= 0.6 is 0 Å². The van der Waals surface area contributed by atoms with E-state index in [9.17, 15) is 85.5 Å². The number of fused-ring (bicyclic) bond motifs is 1. The van der Waals surface area contributed by atoms with Gasteiger partial charge in [-0.3, -0.25) is 77.7 Å². The number of anilines is 2. The van der Waals surface area contributed by atoms with Crippen LogP contribution in [0.15, 0.2) is 100 Å². The molecule has 0 aromatic heterocycles. The molecule has 10 unspecified atom stereocenters. The fourth-order valence-electron chi connectivity index (χ4n) is 11.1. The van der Waals surface area contributed by atoms with Gasteiger partial charge in [-0.15, -0.1) is 0 Å². The minimum absolute atomic E-state index is 0.0141. The number of benzene rings is 4. The second-order valence-corrected chi connectivity index (χ2v) is 29.6. The van der Waals surface area contributed by atoms with Crippen LogP contribution in [0.4, 0.5) is 22.7 Å². The lowest BCUT2D eigenvalue weighted by atomic mass is 9.99. The van der Waals surface area contributed by atoms with E-state index in [1.54, 1.807) is 70.2 Å². The molecule has 0 bridgehead atoms. The van der Waals surface area contributed by atoms with Gasteiger partial charge in [0.2, 0.25) is 70.9 Å². The number of azo groups is 1. The monoisotopic (exact) mass is 1630 g/mol. The highest BCUT2D eigenvalue weighted by Crippen LogP contribution is 2.29. The molecule has 0 spiro atoms. The molecule has 630 valence electrons. The van der Waals surface area contributed by atoms with Crippen molar-refractivity contribution in [2.24, 2.45) is 45.2 Å². The number of amides is 13. The summed E-state index contributed by atoms with van der Waals surface area (Å²) in [5, 5.41) is 82.6. The number of rotatable bonds is 47. The molecule has 0 aliphatic carbocycles. The first-order valence-electron chi connectivity index (χ1n) is 36.9. The Kier molecular flexibility index (Phi) is 38.7. The van der Waals surface area contributed by atoms with Crippen LogP contribution in [0.1, 0.15) is 104 Å². The van der Waals surface area contributed by atoms with Gasteiger partial charge in [0.05, 0.1) is 37.6 Å². The predicted molar refractivity (Wildman–Crippen MR) is 425 cm³/mol. The summed E-state index contributed by atoms with van der Waals surface area (Å²) in [4.78, 5) is 179. The zero-order valence-electron chi connectivity index (χ0n) is 65.7. The Balaban J connectivity index is 1.36. The number of nitrogens with two attached hydrogens (primary N) is 3. The van der Waals surface area contributed by atoms with Crippen molar-refractivity contribution in [1.29, 1.82) is 10.8 Å². The van der Waals surface area contributed by atoms with Crippen LogP contribution in [0.25, 0.3) is 10.8 Å². The zero-order chi connectivity index (χ0) is 86.0. The topological polar surface area (TPSA) is 651 Å². The lowest BCUT2D eigenvalue weighted by molar-refractivity contribution is -0.137. The largest absolute Gasteiger partial charge is 0.394 e. The molecule has 13 amide bonds. The van der Waals surface area contributed by atoms with Crippen molar-refractivity contribution in [2.75, 3.05) is 70.2 Å². The minimum atomic E-state index is -4.53. The smallest absolute Gasteiger partial charge is 0.295 e. The molecule has 26 N–H and O–H groups in total. The highest BCUT2D eigenvalue weighted by atomic mass is 32.2. The molecule has 0 radical (unpaired) electrons. The average molecular weight is 1630 g/mol. The van der Waals surface area contributed by atoms with Crippen molar-refractivity contribution >= 4 is 132 Å². The number of nitrogens with zero attached hydrogens (tertiary/aromatic N) is 3. The molecule has 4 rings (SSSR count). The molecule has 0 aliphatic heterocycles. The van der Waals surface area contributed by atoms with E-state index in [-0.39, 0.29) is 86.0 Å². The number of hydrogen-bond donors (Lipinski definition) is 23. The van der Waals surface area contributed by atoms with Crippen molar-refractivity contribution in [3.63, 3.8) is 0 Å². The molecule has 42 heteroatoms. The number of aliphatic hydroxyl groups is 2. The molecular weight excluding hydrogens is 1520 g/mol. The van der Waals surface area contributed by atoms with Gasteiger partial charge in [0, 0.05) is 68.0 Å². The van der Waals surface area contributed by atoms with Gasteiger partial charge < -0.3 is 112 Å². The van der Waals surface area contributed by atoms with Crippen LogP contribution < -0.4 is 102 Å². The van der Waals surface area contributed by atoms with Gasteiger partial charge in [-0.2, -0.15) is 18.6 Å². The van der Waals surface area contributed by atoms with Crippen molar-refractivity contribution in [1.82, 2.24) is 74.4 Å². The predicted octanol–water partition coefficient (Wildman–Crippen LogP) is -2.84. The number of primary amides is 1. The van der Waals surface area contributed by atoms with Crippen LogP contribution in [-0.4, -0.2) is 232 Å². The number of nitrogens with one attached hydrogen (secondary N) is 17. The highest BCUT2D eigenvalue weighted by molar-refractivity contribution is 7.86. The Bertz CT molecular complexity index is 4230. The summed E-state index contributed by atoms with van der Waals surface area (Å²) >= 11 is 0. The molecule has 41 nitrogen and oxygen atoms in total. The first-order valence-corrected chi connectivity index (χ1v) is 38.3. The maximum atomic E-state index is 14.1. The van der Waals surface area contributed by atoms with Gasteiger partial charge in [0.15, 0.2) is 11.9 Å². The summed E-state index contributed by atoms with van der Waals surface area (Å²) in [5.74, 6) is -14.8. The third-order valence-electron chi connectivity index (χ3n) is 17.4. The van der Waals surface area contributed by atoms with E-state index in [1.807, 2.05) is 31.1 Å². The van der Waals surface area contributed by atoms with Crippen molar-refractivity contribution in [3.05, 3.63) is 90.5 Å². The second-order valence-electron chi connectivity index (χ2n) is 28.2. The van der Waals surface area contributed by atoms with E-state index in [1.165, 1.54) is 51.1 Å². The fraction of sp³-hybridized carbons (Fsp3) is 0.493.